The molecule has 2 nitrogen and oxygen atoms in total. The molecule has 1 aromatic rings. The van der Waals surface area contributed by atoms with Crippen LogP contribution in [0.5, 0.6) is 0 Å². The molecule has 0 radical (unpaired) electrons. The molecule has 2 unspecified atom stereocenters. The van der Waals surface area contributed by atoms with Crippen molar-refractivity contribution in [3.63, 3.8) is 0 Å². The molecule has 1 N–H and O–H groups in total. The number of pyridine rings is 1. The molecule has 1 saturated heterocycles. The van der Waals surface area contributed by atoms with Crippen molar-refractivity contribution < 1.29 is 0 Å². The number of nitrogens with one attached hydrogen (secondary N) is 1. The van der Waals surface area contributed by atoms with Crippen LogP contribution in [0.2, 0.25) is 0 Å². The summed E-state index contributed by atoms with van der Waals surface area (Å²) in [5.74, 6) is 1.50. The van der Waals surface area contributed by atoms with E-state index in [4.69, 9.17) is 0 Å². The first-order valence-corrected chi connectivity index (χ1v) is 5.67. The van der Waals surface area contributed by atoms with Gasteiger partial charge >= 0.3 is 0 Å². The van der Waals surface area contributed by atoms with Gasteiger partial charge in [-0.1, -0.05) is 6.08 Å². The summed E-state index contributed by atoms with van der Waals surface area (Å²) in [5, 5.41) is 3.41. The van der Waals surface area contributed by atoms with E-state index in [-0.39, 0.29) is 0 Å². The fourth-order valence-electron chi connectivity index (χ4n) is 2.33. The zero-order valence-electron chi connectivity index (χ0n) is 7.70. The lowest BCUT2D eigenvalue weighted by atomic mass is 9.74. The molecule has 2 aliphatic rings. The van der Waals surface area contributed by atoms with E-state index >= 15 is 0 Å². The predicted molar refractivity (Wildman–Crippen MR) is 59.8 cm³/mol. The van der Waals surface area contributed by atoms with Gasteiger partial charge in [-0.3, -0.25) is 4.98 Å². The molecular weight excluding hydrogens is 240 g/mol. The van der Waals surface area contributed by atoms with Crippen LogP contribution in [0.15, 0.2) is 29.0 Å². The van der Waals surface area contributed by atoms with Crippen molar-refractivity contribution in [2.75, 3.05) is 13.1 Å². The van der Waals surface area contributed by atoms with Crippen LogP contribution in [-0.4, -0.2) is 18.1 Å². The Kier molecular flexibility index (Phi) is 1.96. The molecular formula is C11H11BrN2. The first kappa shape index (κ1) is 8.62. The summed E-state index contributed by atoms with van der Waals surface area (Å²) in [6.07, 6.45) is 6.15. The summed E-state index contributed by atoms with van der Waals surface area (Å²) in [5.41, 5.74) is 2.73. The van der Waals surface area contributed by atoms with Crippen molar-refractivity contribution in [2.45, 2.75) is 0 Å². The van der Waals surface area contributed by atoms with E-state index in [1.54, 1.807) is 0 Å². The Morgan fingerprint density at radius 2 is 2.29 bits per heavy atom. The highest BCUT2D eigenvalue weighted by molar-refractivity contribution is 9.10. The van der Waals surface area contributed by atoms with Crippen LogP contribution >= 0.6 is 15.9 Å². The number of aromatic nitrogens is 1. The Labute approximate surface area is 91.6 Å². The molecule has 0 saturated carbocycles. The fourth-order valence-corrected chi connectivity index (χ4v) is 2.70. The minimum Gasteiger partial charge on any atom is -0.315 e. The number of rotatable bonds is 1. The first-order valence-electron chi connectivity index (χ1n) is 4.88. The zero-order valence-corrected chi connectivity index (χ0v) is 9.29. The van der Waals surface area contributed by atoms with Gasteiger partial charge in [0.1, 0.15) is 0 Å². The van der Waals surface area contributed by atoms with E-state index in [1.165, 1.54) is 11.1 Å². The Morgan fingerprint density at radius 1 is 1.36 bits per heavy atom. The van der Waals surface area contributed by atoms with Crippen molar-refractivity contribution in [1.29, 1.82) is 0 Å². The van der Waals surface area contributed by atoms with Crippen molar-refractivity contribution >= 4 is 21.5 Å². The molecule has 0 aromatic carbocycles. The SMILES string of the molecule is Brc1cncc(C2=CC3CNCC23)c1. The summed E-state index contributed by atoms with van der Waals surface area (Å²) in [6.45, 7) is 2.28. The van der Waals surface area contributed by atoms with Crippen molar-refractivity contribution in [1.82, 2.24) is 10.3 Å². The molecule has 1 aliphatic heterocycles. The van der Waals surface area contributed by atoms with E-state index in [9.17, 15) is 0 Å². The second-order valence-corrected chi connectivity index (χ2v) is 4.86. The Bertz CT molecular complexity index is 400. The van der Waals surface area contributed by atoms with Crippen LogP contribution in [0.3, 0.4) is 0 Å². The maximum atomic E-state index is 4.19. The van der Waals surface area contributed by atoms with Gasteiger partial charge in [0.15, 0.2) is 0 Å². The Morgan fingerprint density at radius 3 is 3.07 bits per heavy atom. The molecule has 3 heteroatoms. The molecule has 2 atom stereocenters. The van der Waals surface area contributed by atoms with E-state index < -0.39 is 0 Å². The van der Waals surface area contributed by atoms with Crippen LogP contribution in [0.1, 0.15) is 5.56 Å². The fraction of sp³-hybridized carbons (Fsp3) is 0.364. The highest BCUT2D eigenvalue weighted by Gasteiger charge is 2.36. The third-order valence-electron chi connectivity index (χ3n) is 3.09. The van der Waals surface area contributed by atoms with Gasteiger partial charge < -0.3 is 5.32 Å². The van der Waals surface area contributed by atoms with Gasteiger partial charge in [-0.05, 0) is 39.1 Å². The monoisotopic (exact) mass is 250 g/mol. The van der Waals surface area contributed by atoms with Crippen LogP contribution in [-0.2, 0) is 0 Å². The van der Waals surface area contributed by atoms with Gasteiger partial charge in [0.25, 0.3) is 0 Å². The van der Waals surface area contributed by atoms with Crippen molar-refractivity contribution in [3.8, 4) is 0 Å². The molecule has 1 fully saturated rings. The van der Waals surface area contributed by atoms with Crippen LogP contribution in [0.25, 0.3) is 5.57 Å². The molecule has 0 amide bonds. The lowest BCUT2D eigenvalue weighted by Gasteiger charge is -2.29. The predicted octanol–water partition coefficient (Wildman–Crippen LogP) is 2.08. The number of nitrogens with zero attached hydrogens (tertiary/aromatic N) is 1. The average molecular weight is 251 g/mol. The number of hydrogen-bond acceptors (Lipinski definition) is 2. The van der Waals surface area contributed by atoms with Crippen molar-refractivity contribution in [3.05, 3.63) is 34.6 Å². The van der Waals surface area contributed by atoms with E-state index in [0.717, 1.165) is 29.4 Å². The molecule has 3 rings (SSSR count). The quantitative estimate of drug-likeness (QED) is 0.826. The highest BCUT2D eigenvalue weighted by atomic mass is 79.9. The summed E-state index contributed by atoms with van der Waals surface area (Å²) < 4.78 is 1.06. The van der Waals surface area contributed by atoms with Gasteiger partial charge in [-0.25, -0.2) is 0 Å². The van der Waals surface area contributed by atoms with Gasteiger partial charge in [-0.15, -0.1) is 0 Å². The van der Waals surface area contributed by atoms with Gasteiger partial charge in [0.05, 0.1) is 0 Å². The first-order chi connectivity index (χ1) is 6.84. The molecule has 0 spiro atoms. The van der Waals surface area contributed by atoms with Gasteiger partial charge in [0.2, 0.25) is 0 Å². The summed E-state index contributed by atoms with van der Waals surface area (Å²) in [6, 6.07) is 2.15. The second-order valence-electron chi connectivity index (χ2n) is 3.94. The third-order valence-corrected chi connectivity index (χ3v) is 3.53. The normalized spacial score (nSPS) is 29.4. The second kappa shape index (κ2) is 3.17. The topological polar surface area (TPSA) is 24.9 Å². The Hall–Kier alpha value is -0.670. The molecule has 14 heavy (non-hydrogen) atoms. The number of halogens is 1. The number of hydrogen-bond donors (Lipinski definition) is 1. The average Bonchev–Trinajstić information content (AvgIpc) is 2.48. The minimum atomic E-state index is 0.728. The molecule has 1 aliphatic carbocycles. The molecule has 0 bridgehead atoms. The molecule has 1 aromatic heterocycles. The van der Waals surface area contributed by atoms with Crippen molar-refractivity contribution in [2.24, 2.45) is 11.8 Å². The molecule has 72 valence electrons. The highest BCUT2D eigenvalue weighted by Crippen LogP contribution is 2.42. The zero-order chi connectivity index (χ0) is 9.54. The van der Waals surface area contributed by atoms with Crippen LogP contribution < -0.4 is 5.32 Å². The van der Waals surface area contributed by atoms with E-state index in [2.05, 4.69) is 38.4 Å². The van der Waals surface area contributed by atoms with E-state index in [0.29, 0.717) is 0 Å². The lowest BCUT2D eigenvalue weighted by Crippen LogP contribution is -2.22. The standard InChI is InChI=1S/C11H11BrN2/c12-9-1-7(3-13-5-9)10-2-8-4-14-6-11(8)10/h1-3,5,8,11,14H,4,6H2. The maximum Gasteiger partial charge on any atom is 0.0410 e. The summed E-state index contributed by atoms with van der Waals surface area (Å²) in [7, 11) is 0. The summed E-state index contributed by atoms with van der Waals surface area (Å²) in [4.78, 5) is 4.19. The Balaban J connectivity index is 1.94. The van der Waals surface area contributed by atoms with Gasteiger partial charge in [0, 0.05) is 35.9 Å². The maximum absolute atomic E-state index is 4.19. The molecule has 2 heterocycles. The smallest absolute Gasteiger partial charge is 0.0410 e. The minimum absolute atomic E-state index is 0.728. The third kappa shape index (κ3) is 1.23. The number of fused-ring (bicyclic) bond motifs is 1. The summed E-state index contributed by atoms with van der Waals surface area (Å²) >= 11 is 3.45. The lowest BCUT2D eigenvalue weighted by molar-refractivity contribution is 0.564. The van der Waals surface area contributed by atoms with Gasteiger partial charge in [-0.2, -0.15) is 0 Å². The van der Waals surface area contributed by atoms with E-state index in [1.807, 2.05) is 12.4 Å². The van der Waals surface area contributed by atoms with Crippen LogP contribution in [0, 0.1) is 11.8 Å². The largest absolute Gasteiger partial charge is 0.315 e. The van der Waals surface area contributed by atoms with Crippen LogP contribution in [0.4, 0.5) is 0 Å².